The molecule has 0 bridgehead atoms. The summed E-state index contributed by atoms with van der Waals surface area (Å²) in [6.07, 6.45) is 6.22. The lowest BCUT2D eigenvalue weighted by molar-refractivity contribution is 0.252. The second-order valence-corrected chi connectivity index (χ2v) is 5.21. The molecule has 0 aromatic carbocycles. The summed E-state index contributed by atoms with van der Waals surface area (Å²) in [5.41, 5.74) is 2.93. The summed E-state index contributed by atoms with van der Waals surface area (Å²) in [5.74, 6) is 0.989. The Kier molecular flexibility index (Phi) is 4.48. The minimum Gasteiger partial charge on any atom is -0.370 e. The Morgan fingerprint density at radius 1 is 1.32 bits per heavy atom. The third kappa shape index (κ3) is 3.72. The molecule has 0 spiro atoms. The highest BCUT2D eigenvalue weighted by Crippen LogP contribution is 2.19. The number of aryl methyl sites for hydroxylation is 1. The van der Waals surface area contributed by atoms with Gasteiger partial charge in [0.1, 0.15) is 5.82 Å². The van der Waals surface area contributed by atoms with Crippen LogP contribution < -0.4 is 16.0 Å². The quantitative estimate of drug-likeness (QED) is 0.808. The summed E-state index contributed by atoms with van der Waals surface area (Å²) in [4.78, 5) is 20.3. The van der Waals surface area contributed by atoms with Crippen molar-refractivity contribution in [3.63, 3.8) is 0 Å². The summed E-state index contributed by atoms with van der Waals surface area (Å²) in [6, 6.07) is 7.50. The molecule has 1 aliphatic heterocycles. The van der Waals surface area contributed by atoms with Gasteiger partial charge < -0.3 is 16.0 Å². The molecule has 1 aliphatic rings. The van der Waals surface area contributed by atoms with E-state index in [0.29, 0.717) is 18.7 Å². The topological polar surface area (TPSA) is 78.9 Å². The fourth-order valence-corrected chi connectivity index (χ4v) is 2.42. The molecular formula is C16H19N5O. The van der Waals surface area contributed by atoms with Crippen LogP contribution in [-0.4, -0.2) is 29.1 Å². The minimum absolute atomic E-state index is 0.232. The van der Waals surface area contributed by atoms with Crippen LogP contribution in [0.3, 0.4) is 0 Å². The molecule has 0 saturated heterocycles. The number of urea groups is 1. The Labute approximate surface area is 129 Å². The van der Waals surface area contributed by atoms with E-state index in [1.54, 1.807) is 24.5 Å². The van der Waals surface area contributed by atoms with Crippen LogP contribution in [0.2, 0.25) is 0 Å². The molecule has 114 valence electrons. The van der Waals surface area contributed by atoms with Gasteiger partial charge in [-0.2, -0.15) is 0 Å². The molecule has 2 aromatic rings. The molecule has 2 amide bonds. The number of rotatable bonds is 4. The van der Waals surface area contributed by atoms with E-state index in [0.717, 1.165) is 30.9 Å². The molecule has 6 nitrogen and oxygen atoms in total. The van der Waals surface area contributed by atoms with Gasteiger partial charge in [-0.3, -0.25) is 4.98 Å². The van der Waals surface area contributed by atoms with Gasteiger partial charge in [-0.1, -0.05) is 6.07 Å². The molecule has 0 unspecified atom stereocenters. The van der Waals surface area contributed by atoms with Gasteiger partial charge in [0.15, 0.2) is 0 Å². The molecule has 0 fully saturated rings. The molecule has 0 radical (unpaired) electrons. The van der Waals surface area contributed by atoms with E-state index >= 15 is 0 Å². The summed E-state index contributed by atoms with van der Waals surface area (Å²) >= 11 is 0. The molecule has 3 heterocycles. The number of anilines is 2. The lowest BCUT2D eigenvalue weighted by Crippen LogP contribution is -2.30. The number of hydrogen-bond acceptors (Lipinski definition) is 4. The Bertz CT molecular complexity index is 644. The lowest BCUT2D eigenvalue weighted by Gasteiger charge is -2.17. The van der Waals surface area contributed by atoms with Crippen LogP contribution in [0.25, 0.3) is 0 Å². The summed E-state index contributed by atoms with van der Waals surface area (Å²) in [6.45, 7) is 1.52. The van der Waals surface area contributed by atoms with Crippen molar-refractivity contribution in [3.8, 4) is 0 Å². The number of carbonyl (C=O) groups is 1. The number of carbonyl (C=O) groups excluding carboxylic acids is 1. The van der Waals surface area contributed by atoms with Gasteiger partial charge in [0.25, 0.3) is 0 Å². The molecule has 6 heteroatoms. The fraction of sp³-hybridized carbons (Fsp3) is 0.312. The Hall–Kier alpha value is -2.63. The molecule has 3 rings (SSSR count). The van der Waals surface area contributed by atoms with Crippen LogP contribution in [0.15, 0.2) is 36.7 Å². The van der Waals surface area contributed by atoms with E-state index in [1.165, 1.54) is 5.56 Å². The summed E-state index contributed by atoms with van der Waals surface area (Å²) in [7, 11) is 0. The zero-order valence-corrected chi connectivity index (χ0v) is 12.3. The number of nitrogens with one attached hydrogen (secondary N) is 3. The van der Waals surface area contributed by atoms with Crippen molar-refractivity contribution in [2.75, 3.05) is 23.7 Å². The minimum atomic E-state index is -0.232. The molecule has 22 heavy (non-hydrogen) atoms. The van der Waals surface area contributed by atoms with Crippen LogP contribution in [-0.2, 0) is 12.8 Å². The first-order valence-corrected chi connectivity index (χ1v) is 7.49. The number of fused-ring (bicyclic) bond motifs is 1. The number of aromatic nitrogens is 2. The predicted octanol–water partition coefficient (Wildman–Crippen LogP) is 2.20. The smallest absolute Gasteiger partial charge is 0.319 e. The summed E-state index contributed by atoms with van der Waals surface area (Å²) < 4.78 is 0. The highest BCUT2D eigenvalue weighted by atomic mass is 16.2. The third-order valence-corrected chi connectivity index (χ3v) is 3.54. The molecule has 3 N–H and O–H groups in total. The zero-order chi connectivity index (χ0) is 15.2. The normalized spacial score (nSPS) is 12.9. The van der Waals surface area contributed by atoms with Gasteiger partial charge in [-0.25, -0.2) is 9.78 Å². The number of pyridine rings is 2. The van der Waals surface area contributed by atoms with E-state index in [-0.39, 0.29) is 6.03 Å². The lowest BCUT2D eigenvalue weighted by atomic mass is 10.1. The second-order valence-electron chi connectivity index (χ2n) is 5.21. The average Bonchev–Trinajstić information content (AvgIpc) is 2.55. The van der Waals surface area contributed by atoms with E-state index < -0.39 is 0 Å². The van der Waals surface area contributed by atoms with Gasteiger partial charge in [-0.05, 0) is 36.6 Å². The maximum atomic E-state index is 11.8. The Balaban J connectivity index is 1.47. The van der Waals surface area contributed by atoms with E-state index in [4.69, 9.17) is 0 Å². The Morgan fingerprint density at radius 2 is 2.27 bits per heavy atom. The highest BCUT2D eigenvalue weighted by molar-refractivity contribution is 5.88. The molecule has 0 saturated carbocycles. The molecular weight excluding hydrogens is 278 g/mol. The number of nitrogens with zero attached hydrogens (tertiary/aromatic N) is 2. The van der Waals surface area contributed by atoms with Crippen molar-refractivity contribution in [1.29, 1.82) is 0 Å². The van der Waals surface area contributed by atoms with Crippen LogP contribution in [0.4, 0.5) is 16.3 Å². The average molecular weight is 297 g/mol. The maximum Gasteiger partial charge on any atom is 0.319 e. The number of hydrogen-bond donors (Lipinski definition) is 3. The van der Waals surface area contributed by atoms with Crippen LogP contribution >= 0.6 is 0 Å². The standard InChI is InChI=1S/C16H19N5O/c22-16(21-14-4-2-8-17-11-14)19-10-7-13-6-5-12-3-1-9-18-15(12)20-13/h2,4-6,8,11H,1,3,7,9-10H2,(H,18,20)(H2,19,21,22). The second kappa shape index (κ2) is 6.89. The van der Waals surface area contributed by atoms with Gasteiger partial charge in [0, 0.05) is 31.4 Å². The van der Waals surface area contributed by atoms with Gasteiger partial charge in [0.05, 0.1) is 11.9 Å². The van der Waals surface area contributed by atoms with Crippen LogP contribution in [0.1, 0.15) is 17.7 Å². The molecule has 2 aromatic heterocycles. The van der Waals surface area contributed by atoms with E-state index in [9.17, 15) is 4.79 Å². The van der Waals surface area contributed by atoms with Crippen molar-refractivity contribution in [2.24, 2.45) is 0 Å². The zero-order valence-electron chi connectivity index (χ0n) is 12.3. The fourth-order valence-electron chi connectivity index (χ4n) is 2.42. The van der Waals surface area contributed by atoms with Crippen molar-refractivity contribution in [3.05, 3.63) is 47.9 Å². The largest absolute Gasteiger partial charge is 0.370 e. The van der Waals surface area contributed by atoms with Crippen molar-refractivity contribution >= 4 is 17.5 Å². The van der Waals surface area contributed by atoms with E-state index in [2.05, 4.69) is 32.0 Å². The van der Waals surface area contributed by atoms with Crippen molar-refractivity contribution in [1.82, 2.24) is 15.3 Å². The van der Waals surface area contributed by atoms with Gasteiger partial charge in [0.2, 0.25) is 0 Å². The third-order valence-electron chi connectivity index (χ3n) is 3.54. The maximum absolute atomic E-state index is 11.8. The monoisotopic (exact) mass is 297 g/mol. The first-order chi connectivity index (χ1) is 10.8. The summed E-state index contributed by atoms with van der Waals surface area (Å²) in [5, 5.41) is 8.87. The Morgan fingerprint density at radius 3 is 3.14 bits per heavy atom. The van der Waals surface area contributed by atoms with E-state index in [1.807, 2.05) is 6.07 Å². The van der Waals surface area contributed by atoms with Crippen molar-refractivity contribution in [2.45, 2.75) is 19.3 Å². The van der Waals surface area contributed by atoms with Gasteiger partial charge >= 0.3 is 6.03 Å². The van der Waals surface area contributed by atoms with Gasteiger partial charge in [-0.15, -0.1) is 0 Å². The number of amides is 2. The van der Waals surface area contributed by atoms with Crippen LogP contribution in [0, 0.1) is 0 Å². The molecule has 0 atom stereocenters. The SMILES string of the molecule is O=C(NCCc1ccc2c(n1)NCCC2)Nc1cccnc1. The highest BCUT2D eigenvalue weighted by Gasteiger charge is 2.10. The predicted molar refractivity (Wildman–Crippen MR) is 86.0 cm³/mol. The first kappa shape index (κ1) is 14.3. The first-order valence-electron chi connectivity index (χ1n) is 7.49. The van der Waals surface area contributed by atoms with Crippen molar-refractivity contribution < 1.29 is 4.79 Å². The molecule has 0 aliphatic carbocycles. The van der Waals surface area contributed by atoms with Crippen LogP contribution in [0.5, 0.6) is 0 Å².